The molecular formula is C4H12FN. The summed E-state index contributed by atoms with van der Waals surface area (Å²) >= 11 is 0. The number of halogens is 1. The van der Waals surface area contributed by atoms with Gasteiger partial charge in [-0.1, -0.05) is 6.92 Å². The molecule has 0 aliphatic carbocycles. The Balaban J connectivity index is 0. The third-order valence-corrected chi connectivity index (χ3v) is 0.644. The summed E-state index contributed by atoms with van der Waals surface area (Å²) in [6.07, 6.45) is 1.08. The highest BCUT2D eigenvalue weighted by atomic mass is 19.0. The van der Waals surface area contributed by atoms with Crippen molar-refractivity contribution >= 4 is 0 Å². The molecule has 1 unspecified atom stereocenters. The molecule has 0 aromatic rings. The number of nitrogens with two attached hydrogens (primary N) is 1. The predicted octanol–water partition coefficient (Wildman–Crippen LogP) is 0.896. The van der Waals surface area contributed by atoms with Crippen LogP contribution in [0.15, 0.2) is 0 Å². The smallest absolute Gasteiger partial charge is 0.000781 e. The lowest BCUT2D eigenvalue weighted by molar-refractivity contribution is 0.715. The Bertz CT molecular complexity index is 21.5. The number of hydrogen-bond acceptors (Lipinski definition) is 1. The maximum absolute atomic E-state index is 5.29. The van der Waals surface area contributed by atoms with E-state index in [4.69, 9.17) is 5.73 Å². The molecule has 0 amide bonds. The van der Waals surface area contributed by atoms with Gasteiger partial charge < -0.3 is 5.73 Å². The second kappa shape index (κ2) is 4.89. The van der Waals surface area contributed by atoms with E-state index in [2.05, 4.69) is 6.92 Å². The van der Waals surface area contributed by atoms with E-state index in [1.54, 1.807) is 0 Å². The van der Waals surface area contributed by atoms with Gasteiger partial charge in [-0.2, -0.15) is 0 Å². The van der Waals surface area contributed by atoms with Crippen molar-refractivity contribution in [2.75, 3.05) is 0 Å². The molecule has 1 nitrogen and oxygen atoms in total. The van der Waals surface area contributed by atoms with Crippen molar-refractivity contribution in [2.24, 2.45) is 5.73 Å². The molecule has 1 atom stereocenters. The van der Waals surface area contributed by atoms with Crippen LogP contribution in [0.3, 0.4) is 0 Å². The van der Waals surface area contributed by atoms with Crippen molar-refractivity contribution in [3.8, 4) is 0 Å². The lowest BCUT2D eigenvalue weighted by Gasteiger charge is -1.91. The van der Waals surface area contributed by atoms with E-state index < -0.39 is 0 Å². The van der Waals surface area contributed by atoms with Crippen molar-refractivity contribution in [1.29, 1.82) is 0 Å². The van der Waals surface area contributed by atoms with E-state index in [0.717, 1.165) is 6.42 Å². The van der Waals surface area contributed by atoms with E-state index in [0.29, 0.717) is 6.04 Å². The Morgan fingerprint density at radius 1 is 1.67 bits per heavy atom. The monoisotopic (exact) mass is 93.1 g/mol. The average Bonchev–Trinajstić information content (AvgIpc) is 1.38. The fourth-order valence-corrected chi connectivity index (χ4v) is 0. The summed E-state index contributed by atoms with van der Waals surface area (Å²) in [4.78, 5) is 0. The molecule has 0 saturated carbocycles. The topological polar surface area (TPSA) is 26.0 Å². The highest BCUT2D eigenvalue weighted by Crippen LogP contribution is 1.77. The first-order valence-corrected chi connectivity index (χ1v) is 2.03. The Morgan fingerprint density at radius 3 is 1.83 bits per heavy atom. The zero-order valence-electron chi connectivity index (χ0n) is 4.27. The van der Waals surface area contributed by atoms with Gasteiger partial charge in [0.1, 0.15) is 0 Å². The van der Waals surface area contributed by atoms with Gasteiger partial charge in [-0.15, -0.1) is 0 Å². The van der Waals surface area contributed by atoms with E-state index >= 15 is 0 Å². The minimum absolute atomic E-state index is 0. The molecule has 0 aliphatic heterocycles. The number of hydrogen-bond donors (Lipinski definition) is 1. The van der Waals surface area contributed by atoms with E-state index in [1.165, 1.54) is 0 Å². The third-order valence-electron chi connectivity index (χ3n) is 0.644. The van der Waals surface area contributed by atoms with Crippen LogP contribution in [0.5, 0.6) is 0 Å². The van der Waals surface area contributed by atoms with Crippen molar-refractivity contribution in [3.63, 3.8) is 0 Å². The van der Waals surface area contributed by atoms with Gasteiger partial charge in [-0.05, 0) is 13.3 Å². The van der Waals surface area contributed by atoms with Gasteiger partial charge in [0.25, 0.3) is 0 Å². The van der Waals surface area contributed by atoms with Crippen LogP contribution in [0.2, 0.25) is 0 Å². The molecule has 0 heterocycles. The predicted molar refractivity (Wildman–Crippen MR) is 26.4 cm³/mol. The minimum atomic E-state index is 0. The van der Waals surface area contributed by atoms with Crippen LogP contribution in [-0.2, 0) is 0 Å². The summed E-state index contributed by atoms with van der Waals surface area (Å²) < 4.78 is 0. The summed E-state index contributed by atoms with van der Waals surface area (Å²) in [7, 11) is 0. The van der Waals surface area contributed by atoms with Crippen molar-refractivity contribution < 1.29 is 4.70 Å². The van der Waals surface area contributed by atoms with Crippen LogP contribution in [0.1, 0.15) is 20.3 Å². The minimum Gasteiger partial charge on any atom is -0.328 e. The molecule has 0 saturated heterocycles. The molecule has 0 radical (unpaired) electrons. The summed E-state index contributed by atoms with van der Waals surface area (Å²) in [6.45, 7) is 4.07. The van der Waals surface area contributed by atoms with Gasteiger partial charge in [0.2, 0.25) is 0 Å². The fraction of sp³-hybridized carbons (Fsp3) is 1.00. The van der Waals surface area contributed by atoms with Crippen LogP contribution in [0.4, 0.5) is 4.70 Å². The standard InChI is InChI=1S/C4H11N.FH/c1-3-4(2)5;/h4H,3,5H2,1-2H3;1H. The third kappa shape index (κ3) is 9.10. The molecule has 0 rings (SSSR count). The van der Waals surface area contributed by atoms with Gasteiger partial charge in [0.15, 0.2) is 0 Å². The van der Waals surface area contributed by atoms with E-state index in [1.807, 2.05) is 6.92 Å². The van der Waals surface area contributed by atoms with Gasteiger partial charge in [0.05, 0.1) is 0 Å². The summed E-state index contributed by atoms with van der Waals surface area (Å²) in [5.74, 6) is 0. The first-order chi connectivity index (χ1) is 2.27. The Kier molecular flexibility index (Phi) is 7.59. The fourth-order valence-electron chi connectivity index (χ4n) is 0. The quantitative estimate of drug-likeness (QED) is 0.512. The zero-order chi connectivity index (χ0) is 4.28. The first kappa shape index (κ1) is 9.31. The molecule has 0 bridgehead atoms. The second-order valence-corrected chi connectivity index (χ2v) is 1.39. The van der Waals surface area contributed by atoms with Crippen molar-refractivity contribution in [3.05, 3.63) is 0 Å². The molecule has 0 aromatic heterocycles. The molecule has 0 fully saturated rings. The molecular weight excluding hydrogens is 81.0 g/mol. The number of rotatable bonds is 1. The molecule has 6 heavy (non-hydrogen) atoms. The maximum Gasteiger partial charge on any atom is 0.000781 e. The van der Waals surface area contributed by atoms with Gasteiger partial charge in [-0.3, -0.25) is 4.70 Å². The highest BCUT2D eigenvalue weighted by Gasteiger charge is 1.79. The van der Waals surface area contributed by atoms with E-state index in [9.17, 15) is 0 Å². The molecule has 40 valence electrons. The SMILES string of the molecule is CCC(C)N.F. The zero-order valence-corrected chi connectivity index (χ0v) is 4.27. The van der Waals surface area contributed by atoms with Gasteiger partial charge >= 0.3 is 0 Å². The lowest BCUT2D eigenvalue weighted by atomic mass is 10.3. The van der Waals surface area contributed by atoms with Crippen LogP contribution >= 0.6 is 0 Å². The van der Waals surface area contributed by atoms with E-state index in [-0.39, 0.29) is 4.70 Å². The van der Waals surface area contributed by atoms with Gasteiger partial charge in [-0.25, -0.2) is 0 Å². The molecule has 2 heteroatoms. The summed E-state index contributed by atoms with van der Waals surface area (Å²) in [5.41, 5.74) is 5.29. The molecule has 2 N–H and O–H groups in total. The maximum atomic E-state index is 5.29. The normalized spacial score (nSPS) is 12.5. The van der Waals surface area contributed by atoms with Crippen molar-refractivity contribution in [2.45, 2.75) is 26.3 Å². The Morgan fingerprint density at radius 2 is 1.83 bits per heavy atom. The Hall–Kier alpha value is -0.110. The summed E-state index contributed by atoms with van der Waals surface area (Å²) in [6, 6.07) is 0.384. The van der Waals surface area contributed by atoms with Crippen LogP contribution in [0.25, 0.3) is 0 Å². The largest absolute Gasteiger partial charge is 0.328 e. The molecule has 0 aliphatic rings. The van der Waals surface area contributed by atoms with Crippen LogP contribution in [0, 0.1) is 0 Å². The molecule has 0 aromatic carbocycles. The van der Waals surface area contributed by atoms with Crippen LogP contribution in [-0.4, -0.2) is 6.04 Å². The van der Waals surface area contributed by atoms with Crippen LogP contribution < -0.4 is 5.73 Å². The molecule has 0 spiro atoms. The lowest BCUT2D eigenvalue weighted by Crippen LogP contribution is -2.11. The van der Waals surface area contributed by atoms with Crippen molar-refractivity contribution in [1.82, 2.24) is 0 Å². The van der Waals surface area contributed by atoms with Gasteiger partial charge in [0, 0.05) is 6.04 Å². The average molecular weight is 93.1 g/mol. The highest BCUT2D eigenvalue weighted by molar-refractivity contribution is 4.43. The first-order valence-electron chi connectivity index (χ1n) is 2.03. The summed E-state index contributed by atoms with van der Waals surface area (Å²) in [5, 5.41) is 0. The Labute approximate surface area is 37.9 Å². The second-order valence-electron chi connectivity index (χ2n) is 1.39.